The minimum absolute atomic E-state index is 0.00637. The largest absolute Gasteiger partial charge is 0.423 e. The van der Waals surface area contributed by atoms with Gasteiger partial charge in [-0.15, -0.1) is 11.6 Å². The Morgan fingerprint density at radius 3 is 2.28 bits per heavy atom. The molecule has 5 nitrogen and oxygen atoms in total. The van der Waals surface area contributed by atoms with Crippen molar-refractivity contribution in [2.45, 2.75) is 20.0 Å². The molecule has 0 radical (unpaired) electrons. The van der Waals surface area contributed by atoms with E-state index in [1.54, 1.807) is 0 Å². The molecule has 1 N–H and O–H groups in total. The molecule has 1 aromatic rings. The molecular formula is C12H13ClO5. The number of benzene rings is 1. The van der Waals surface area contributed by atoms with Gasteiger partial charge in [0.2, 0.25) is 0 Å². The van der Waals surface area contributed by atoms with E-state index in [0.717, 1.165) is 0 Å². The lowest BCUT2D eigenvalue weighted by Gasteiger charge is -2.12. The Morgan fingerprint density at radius 2 is 1.78 bits per heavy atom. The molecule has 0 unspecified atom stereocenters. The number of rotatable bonds is 4. The molecule has 1 rings (SSSR count). The number of aliphatic hydroxyl groups is 1. The molecule has 0 fully saturated rings. The van der Waals surface area contributed by atoms with Crippen LogP contribution >= 0.6 is 11.6 Å². The quantitative estimate of drug-likeness (QED) is 0.514. The van der Waals surface area contributed by atoms with Crippen LogP contribution in [0, 0.1) is 0 Å². The molecule has 6 heteroatoms. The van der Waals surface area contributed by atoms with Crippen LogP contribution in [0.4, 0.5) is 0 Å². The third-order valence-electron chi connectivity index (χ3n) is 2.01. The van der Waals surface area contributed by atoms with Crippen molar-refractivity contribution in [2.24, 2.45) is 0 Å². The summed E-state index contributed by atoms with van der Waals surface area (Å²) >= 11 is 5.53. The van der Waals surface area contributed by atoms with Crippen LogP contribution in [0.5, 0.6) is 11.5 Å². The van der Waals surface area contributed by atoms with Gasteiger partial charge >= 0.3 is 11.9 Å². The fourth-order valence-corrected chi connectivity index (χ4v) is 1.47. The molecule has 98 valence electrons. The zero-order valence-electron chi connectivity index (χ0n) is 9.97. The first-order valence-corrected chi connectivity index (χ1v) is 5.72. The Bertz CT molecular complexity index is 458. The number of hydrogen-bond acceptors (Lipinski definition) is 5. The van der Waals surface area contributed by atoms with E-state index in [2.05, 4.69) is 0 Å². The monoisotopic (exact) mass is 272 g/mol. The van der Waals surface area contributed by atoms with E-state index in [9.17, 15) is 14.7 Å². The minimum atomic E-state index is -0.882. The molecule has 0 aliphatic heterocycles. The number of aliphatic hydroxyl groups excluding tert-OH is 1. The summed E-state index contributed by atoms with van der Waals surface area (Å²) in [5.41, 5.74) is 0.470. The van der Waals surface area contributed by atoms with E-state index in [0.29, 0.717) is 5.56 Å². The standard InChI is InChI=1S/C12H13ClO5/c1-7(14)17-11-4-3-9(10(16)6-13)5-12(11)18-8(2)15/h3-5,10,16H,6H2,1-2H3/t10-/m0/s1. The van der Waals surface area contributed by atoms with Crippen LogP contribution in [0.2, 0.25) is 0 Å². The zero-order valence-corrected chi connectivity index (χ0v) is 10.7. The lowest BCUT2D eigenvalue weighted by molar-refractivity contribution is -0.134. The summed E-state index contributed by atoms with van der Waals surface area (Å²) in [6.45, 7) is 2.46. The maximum Gasteiger partial charge on any atom is 0.308 e. The maximum absolute atomic E-state index is 11.0. The van der Waals surface area contributed by atoms with Gasteiger partial charge in [-0.3, -0.25) is 9.59 Å². The van der Waals surface area contributed by atoms with E-state index in [1.165, 1.54) is 32.0 Å². The van der Waals surface area contributed by atoms with Crippen LogP contribution in [0.25, 0.3) is 0 Å². The number of esters is 2. The van der Waals surface area contributed by atoms with Crippen molar-refractivity contribution >= 4 is 23.5 Å². The van der Waals surface area contributed by atoms with Gasteiger partial charge in [0.25, 0.3) is 0 Å². The van der Waals surface area contributed by atoms with Crippen molar-refractivity contribution < 1.29 is 24.2 Å². The number of alkyl halides is 1. The first kappa shape index (κ1) is 14.5. The Hall–Kier alpha value is -1.59. The van der Waals surface area contributed by atoms with Crippen LogP contribution < -0.4 is 9.47 Å². The Morgan fingerprint density at radius 1 is 1.22 bits per heavy atom. The maximum atomic E-state index is 11.0. The van der Waals surface area contributed by atoms with E-state index in [-0.39, 0.29) is 17.4 Å². The molecular weight excluding hydrogens is 260 g/mol. The second kappa shape index (κ2) is 6.37. The summed E-state index contributed by atoms with van der Waals surface area (Å²) < 4.78 is 9.80. The molecule has 0 bridgehead atoms. The number of ether oxygens (including phenoxy) is 2. The van der Waals surface area contributed by atoms with Crippen LogP contribution in [0.3, 0.4) is 0 Å². The first-order chi connectivity index (χ1) is 8.43. The minimum Gasteiger partial charge on any atom is -0.423 e. The Kier molecular flexibility index (Phi) is 5.12. The Balaban J connectivity index is 3.11. The summed E-state index contributed by atoms with van der Waals surface area (Å²) in [6, 6.07) is 4.38. The van der Waals surface area contributed by atoms with Gasteiger partial charge in [0.1, 0.15) is 0 Å². The van der Waals surface area contributed by atoms with Gasteiger partial charge in [-0.2, -0.15) is 0 Å². The van der Waals surface area contributed by atoms with Gasteiger partial charge in [-0.05, 0) is 17.7 Å². The predicted octanol–water partition coefficient (Wildman–Crippen LogP) is 1.81. The first-order valence-electron chi connectivity index (χ1n) is 5.19. The molecule has 0 saturated heterocycles. The average Bonchev–Trinajstić information content (AvgIpc) is 2.29. The average molecular weight is 273 g/mol. The third kappa shape index (κ3) is 4.01. The van der Waals surface area contributed by atoms with Crippen molar-refractivity contribution in [3.8, 4) is 11.5 Å². The fourth-order valence-electron chi connectivity index (χ4n) is 1.29. The molecule has 0 heterocycles. The number of carbonyl (C=O) groups excluding carboxylic acids is 2. The van der Waals surface area contributed by atoms with Crippen LogP contribution in [0.15, 0.2) is 18.2 Å². The molecule has 1 atom stereocenters. The SMILES string of the molecule is CC(=O)Oc1ccc([C@@H](O)CCl)cc1OC(C)=O. The molecule has 0 amide bonds. The predicted molar refractivity (Wildman–Crippen MR) is 64.7 cm³/mol. The number of carbonyl (C=O) groups is 2. The third-order valence-corrected chi connectivity index (χ3v) is 2.30. The highest BCUT2D eigenvalue weighted by atomic mass is 35.5. The van der Waals surface area contributed by atoms with E-state index >= 15 is 0 Å². The van der Waals surface area contributed by atoms with E-state index in [4.69, 9.17) is 21.1 Å². The van der Waals surface area contributed by atoms with Gasteiger partial charge in [-0.25, -0.2) is 0 Å². The normalized spacial score (nSPS) is 11.8. The second-order valence-electron chi connectivity index (χ2n) is 3.56. The topological polar surface area (TPSA) is 72.8 Å². The molecule has 0 spiro atoms. The summed E-state index contributed by atoms with van der Waals surface area (Å²) in [6.07, 6.45) is -0.882. The molecule has 18 heavy (non-hydrogen) atoms. The highest BCUT2D eigenvalue weighted by Crippen LogP contribution is 2.31. The van der Waals surface area contributed by atoms with Crippen LogP contribution in [-0.4, -0.2) is 22.9 Å². The second-order valence-corrected chi connectivity index (χ2v) is 3.87. The smallest absolute Gasteiger partial charge is 0.308 e. The Labute approximate surface area is 109 Å². The number of hydrogen-bond donors (Lipinski definition) is 1. The molecule has 1 aromatic carbocycles. The van der Waals surface area contributed by atoms with E-state index < -0.39 is 18.0 Å². The van der Waals surface area contributed by atoms with Gasteiger partial charge < -0.3 is 14.6 Å². The highest BCUT2D eigenvalue weighted by molar-refractivity contribution is 6.18. The highest BCUT2D eigenvalue weighted by Gasteiger charge is 2.14. The lowest BCUT2D eigenvalue weighted by Crippen LogP contribution is -2.08. The van der Waals surface area contributed by atoms with Crippen molar-refractivity contribution in [3.63, 3.8) is 0 Å². The molecule has 0 aromatic heterocycles. The van der Waals surface area contributed by atoms with Crippen molar-refractivity contribution in [1.29, 1.82) is 0 Å². The van der Waals surface area contributed by atoms with Crippen molar-refractivity contribution in [1.82, 2.24) is 0 Å². The fraction of sp³-hybridized carbons (Fsp3) is 0.333. The van der Waals surface area contributed by atoms with Gasteiger partial charge in [0.05, 0.1) is 12.0 Å². The lowest BCUT2D eigenvalue weighted by atomic mass is 10.1. The van der Waals surface area contributed by atoms with Crippen LogP contribution in [0.1, 0.15) is 25.5 Å². The van der Waals surface area contributed by atoms with Crippen molar-refractivity contribution in [3.05, 3.63) is 23.8 Å². The summed E-state index contributed by atoms with van der Waals surface area (Å²) in [5.74, 6) is -0.899. The molecule has 0 aliphatic carbocycles. The zero-order chi connectivity index (χ0) is 13.7. The van der Waals surface area contributed by atoms with Gasteiger partial charge in [-0.1, -0.05) is 6.07 Å². The summed E-state index contributed by atoms with van der Waals surface area (Å²) in [4.78, 5) is 21.8. The summed E-state index contributed by atoms with van der Waals surface area (Å²) in [5, 5.41) is 9.58. The molecule has 0 aliphatic rings. The number of halogens is 1. The van der Waals surface area contributed by atoms with Crippen molar-refractivity contribution in [2.75, 3.05) is 5.88 Å². The summed E-state index contributed by atoms with van der Waals surface area (Å²) in [7, 11) is 0. The van der Waals surface area contributed by atoms with Crippen LogP contribution in [-0.2, 0) is 9.59 Å². The molecule has 0 saturated carbocycles. The van der Waals surface area contributed by atoms with E-state index in [1.807, 2.05) is 0 Å². The van der Waals surface area contributed by atoms with Gasteiger partial charge in [0.15, 0.2) is 11.5 Å². The van der Waals surface area contributed by atoms with Gasteiger partial charge in [0, 0.05) is 13.8 Å².